The summed E-state index contributed by atoms with van der Waals surface area (Å²) in [4.78, 5) is 4.13. The summed E-state index contributed by atoms with van der Waals surface area (Å²) in [5, 5.41) is 0. The van der Waals surface area contributed by atoms with Crippen LogP contribution in [0.3, 0.4) is 0 Å². The zero-order chi connectivity index (χ0) is 11.4. The molecule has 0 radical (unpaired) electrons. The minimum Gasteiger partial charge on any atom is -0.381 e. The number of hydrogen-bond donors (Lipinski definition) is 2. The van der Waals surface area contributed by atoms with Gasteiger partial charge in [0.1, 0.15) is 0 Å². The summed E-state index contributed by atoms with van der Waals surface area (Å²) in [5.41, 5.74) is 4.04. The molecule has 1 aromatic heterocycles. The number of imidazole rings is 1. The lowest BCUT2D eigenvalue weighted by molar-refractivity contribution is 0.0602. The fourth-order valence-electron chi connectivity index (χ4n) is 2.29. The summed E-state index contributed by atoms with van der Waals surface area (Å²) in [5.74, 6) is 6.33. The summed E-state index contributed by atoms with van der Waals surface area (Å²) in [6, 6.07) is 0.190. The van der Waals surface area contributed by atoms with E-state index in [0.29, 0.717) is 5.92 Å². The fourth-order valence-corrected chi connectivity index (χ4v) is 2.29. The number of hydrogen-bond acceptors (Lipinski definition) is 4. The highest BCUT2D eigenvalue weighted by Gasteiger charge is 2.21. The molecule has 1 atom stereocenters. The third-order valence-electron chi connectivity index (χ3n) is 3.32. The highest BCUT2D eigenvalue weighted by Crippen LogP contribution is 2.26. The number of nitrogens with one attached hydrogen (secondary N) is 1. The first-order chi connectivity index (χ1) is 7.81. The van der Waals surface area contributed by atoms with Crippen LogP contribution in [-0.2, 0) is 11.8 Å². The van der Waals surface area contributed by atoms with Crippen molar-refractivity contribution in [1.29, 1.82) is 0 Å². The molecule has 90 valence electrons. The molecule has 5 heteroatoms. The van der Waals surface area contributed by atoms with Crippen LogP contribution in [0.5, 0.6) is 0 Å². The molecular weight excluding hydrogens is 204 g/mol. The maximum atomic E-state index is 5.63. The summed E-state index contributed by atoms with van der Waals surface area (Å²) in [6.07, 6.45) is 7.01. The van der Waals surface area contributed by atoms with E-state index in [4.69, 9.17) is 10.6 Å². The van der Waals surface area contributed by atoms with Crippen molar-refractivity contribution in [3.63, 3.8) is 0 Å². The van der Waals surface area contributed by atoms with Gasteiger partial charge in [-0.05, 0) is 25.2 Å². The highest BCUT2D eigenvalue weighted by molar-refractivity contribution is 5.04. The molecule has 1 aromatic rings. The molecule has 0 saturated carbocycles. The number of aryl methyl sites for hydroxylation is 1. The first kappa shape index (κ1) is 11.6. The molecule has 2 heterocycles. The number of rotatable bonds is 4. The van der Waals surface area contributed by atoms with Crippen LogP contribution in [0.1, 0.15) is 31.0 Å². The molecule has 0 bridgehead atoms. The van der Waals surface area contributed by atoms with Gasteiger partial charge in [-0.1, -0.05) is 0 Å². The standard InChI is InChI=1S/C11H20N4O/c1-15-8-13-7-11(15)10(14-12)6-9-2-4-16-5-3-9/h7-10,14H,2-6,12H2,1H3. The average molecular weight is 224 g/mol. The minimum atomic E-state index is 0.190. The number of ether oxygens (including phenoxy) is 1. The van der Waals surface area contributed by atoms with Gasteiger partial charge in [0.2, 0.25) is 0 Å². The van der Waals surface area contributed by atoms with E-state index in [-0.39, 0.29) is 6.04 Å². The van der Waals surface area contributed by atoms with Crippen LogP contribution < -0.4 is 11.3 Å². The Kier molecular flexibility index (Phi) is 3.93. The first-order valence-corrected chi connectivity index (χ1v) is 5.81. The molecule has 1 aliphatic heterocycles. The Hall–Kier alpha value is -0.910. The lowest BCUT2D eigenvalue weighted by Crippen LogP contribution is -2.32. The van der Waals surface area contributed by atoms with Gasteiger partial charge in [0, 0.05) is 26.5 Å². The molecule has 16 heavy (non-hydrogen) atoms. The van der Waals surface area contributed by atoms with Crippen molar-refractivity contribution in [2.24, 2.45) is 18.8 Å². The van der Waals surface area contributed by atoms with Crippen molar-refractivity contribution in [3.8, 4) is 0 Å². The number of hydrazine groups is 1. The van der Waals surface area contributed by atoms with Crippen LogP contribution in [0.4, 0.5) is 0 Å². The lowest BCUT2D eigenvalue weighted by Gasteiger charge is -2.26. The van der Waals surface area contributed by atoms with E-state index in [0.717, 1.165) is 38.2 Å². The molecule has 2 rings (SSSR count). The van der Waals surface area contributed by atoms with Crippen molar-refractivity contribution in [2.75, 3.05) is 13.2 Å². The van der Waals surface area contributed by atoms with E-state index in [1.165, 1.54) is 0 Å². The Morgan fingerprint density at radius 3 is 2.94 bits per heavy atom. The second-order valence-electron chi connectivity index (χ2n) is 4.44. The molecule has 1 saturated heterocycles. The van der Waals surface area contributed by atoms with E-state index in [9.17, 15) is 0 Å². The molecule has 1 unspecified atom stereocenters. The first-order valence-electron chi connectivity index (χ1n) is 5.81. The van der Waals surface area contributed by atoms with Gasteiger partial charge in [0.15, 0.2) is 0 Å². The van der Waals surface area contributed by atoms with Gasteiger partial charge in [0.05, 0.1) is 18.1 Å². The number of aromatic nitrogens is 2. The quantitative estimate of drug-likeness (QED) is 0.585. The van der Waals surface area contributed by atoms with Gasteiger partial charge in [-0.15, -0.1) is 0 Å². The van der Waals surface area contributed by atoms with Crippen LogP contribution in [0.15, 0.2) is 12.5 Å². The maximum absolute atomic E-state index is 5.63. The van der Waals surface area contributed by atoms with Crippen LogP contribution in [0.2, 0.25) is 0 Å². The average Bonchev–Trinajstić information content (AvgIpc) is 2.74. The van der Waals surface area contributed by atoms with Gasteiger partial charge in [-0.3, -0.25) is 11.3 Å². The topological polar surface area (TPSA) is 65.1 Å². The predicted octanol–water partition coefficient (Wildman–Crippen LogP) is 0.741. The minimum absolute atomic E-state index is 0.190. The smallest absolute Gasteiger partial charge is 0.0946 e. The van der Waals surface area contributed by atoms with E-state index in [1.807, 2.05) is 24.1 Å². The Balaban J connectivity index is 1.97. The fraction of sp³-hybridized carbons (Fsp3) is 0.727. The van der Waals surface area contributed by atoms with Crippen LogP contribution in [-0.4, -0.2) is 22.8 Å². The van der Waals surface area contributed by atoms with Gasteiger partial charge < -0.3 is 9.30 Å². The molecule has 0 aliphatic carbocycles. The summed E-state index contributed by atoms with van der Waals surface area (Å²) in [7, 11) is 2.00. The Bertz CT molecular complexity index is 320. The van der Waals surface area contributed by atoms with Crippen LogP contribution in [0.25, 0.3) is 0 Å². The Labute approximate surface area is 96.0 Å². The van der Waals surface area contributed by atoms with E-state index < -0.39 is 0 Å². The Morgan fingerprint density at radius 2 is 2.38 bits per heavy atom. The van der Waals surface area contributed by atoms with Gasteiger partial charge >= 0.3 is 0 Å². The Morgan fingerprint density at radius 1 is 1.62 bits per heavy atom. The molecule has 0 spiro atoms. The van der Waals surface area contributed by atoms with Crippen molar-refractivity contribution in [1.82, 2.24) is 15.0 Å². The summed E-state index contributed by atoms with van der Waals surface area (Å²) >= 11 is 0. The zero-order valence-electron chi connectivity index (χ0n) is 9.72. The third-order valence-corrected chi connectivity index (χ3v) is 3.32. The zero-order valence-corrected chi connectivity index (χ0v) is 9.72. The predicted molar refractivity (Wildman–Crippen MR) is 61.4 cm³/mol. The SMILES string of the molecule is Cn1cncc1C(CC1CCOCC1)NN. The van der Waals surface area contributed by atoms with Crippen molar-refractivity contribution in [3.05, 3.63) is 18.2 Å². The number of nitrogens with two attached hydrogens (primary N) is 1. The van der Waals surface area contributed by atoms with Crippen molar-refractivity contribution >= 4 is 0 Å². The van der Waals surface area contributed by atoms with Crippen molar-refractivity contribution in [2.45, 2.75) is 25.3 Å². The van der Waals surface area contributed by atoms with Gasteiger partial charge in [-0.25, -0.2) is 4.98 Å². The summed E-state index contributed by atoms with van der Waals surface area (Å²) < 4.78 is 7.38. The highest BCUT2D eigenvalue weighted by atomic mass is 16.5. The maximum Gasteiger partial charge on any atom is 0.0946 e. The van der Waals surface area contributed by atoms with Gasteiger partial charge in [0.25, 0.3) is 0 Å². The lowest BCUT2D eigenvalue weighted by atomic mass is 9.91. The molecule has 0 aromatic carbocycles. The van der Waals surface area contributed by atoms with Gasteiger partial charge in [-0.2, -0.15) is 0 Å². The molecule has 1 aliphatic rings. The molecule has 1 fully saturated rings. The van der Waals surface area contributed by atoms with Crippen LogP contribution >= 0.6 is 0 Å². The normalized spacial score (nSPS) is 19.9. The monoisotopic (exact) mass is 224 g/mol. The number of nitrogens with zero attached hydrogens (tertiary/aromatic N) is 2. The third kappa shape index (κ3) is 2.61. The second kappa shape index (κ2) is 5.43. The molecule has 5 nitrogen and oxygen atoms in total. The van der Waals surface area contributed by atoms with Crippen molar-refractivity contribution < 1.29 is 4.74 Å². The van der Waals surface area contributed by atoms with E-state index in [1.54, 1.807) is 0 Å². The molecule has 0 amide bonds. The largest absolute Gasteiger partial charge is 0.381 e. The van der Waals surface area contributed by atoms with E-state index >= 15 is 0 Å². The molecule has 3 N–H and O–H groups in total. The van der Waals surface area contributed by atoms with E-state index in [2.05, 4.69) is 10.4 Å². The second-order valence-corrected chi connectivity index (χ2v) is 4.44. The molecular formula is C11H20N4O. The summed E-state index contributed by atoms with van der Waals surface area (Å²) in [6.45, 7) is 1.76. The van der Waals surface area contributed by atoms with Crippen LogP contribution in [0, 0.1) is 5.92 Å².